The standard InChI is InChI=1S/C11H19N3S/c1-9(2)5-4-6-10(3)7-8-13-14-11(12)15/h5,7-8H,4,6H2,1-3H3,(H3,12,14,15)/b10-7+,13-8-. The first-order valence-electron chi connectivity index (χ1n) is 4.90. The number of hydrazone groups is 1. The number of allylic oxidation sites excluding steroid dienone is 4. The molecule has 0 bridgehead atoms. The molecule has 3 N–H and O–H groups in total. The molecule has 0 saturated carbocycles. The SMILES string of the molecule is CC(C)=CCC/C(C)=C/C=N\NC(N)=S. The van der Waals surface area contributed by atoms with Crippen molar-refractivity contribution in [1.82, 2.24) is 5.43 Å². The Bertz CT molecular complexity index is 286. The Balaban J connectivity index is 3.84. The van der Waals surface area contributed by atoms with Gasteiger partial charge in [0, 0.05) is 6.21 Å². The summed E-state index contributed by atoms with van der Waals surface area (Å²) in [5.74, 6) is 0. The molecule has 0 unspecified atom stereocenters. The van der Waals surface area contributed by atoms with Gasteiger partial charge >= 0.3 is 0 Å². The Kier molecular flexibility index (Phi) is 7.54. The third kappa shape index (κ3) is 10.8. The molecule has 0 spiro atoms. The van der Waals surface area contributed by atoms with Gasteiger partial charge in [-0.25, -0.2) is 0 Å². The van der Waals surface area contributed by atoms with Crippen molar-refractivity contribution in [3.63, 3.8) is 0 Å². The topological polar surface area (TPSA) is 50.4 Å². The van der Waals surface area contributed by atoms with E-state index in [2.05, 4.69) is 49.6 Å². The van der Waals surface area contributed by atoms with E-state index in [-0.39, 0.29) is 5.11 Å². The number of nitrogens with zero attached hydrogens (tertiary/aromatic N) is 1. The van der Waals surface area contributed by atoms with Gasteiger partial charge in [0.25, 0.3) is 0 Å². The summed E-state index contributed by atoms with van der Waals surface area (Å²) in [7, 11) is 0. The van der Waals surface area contributed by atoms with Crippen LogP contribution in [0.25, 0.3) is 0 Å². The van der Waals surface area contributed by atoms with E-state index in [4.69, 9.17) is 5.73 Å². The van der Waals surface area contributed by atoms with E-state index in [9.17, 15) is 0 Å². The number of nitrogens with one attached hydrogen (secondary N) is 1. The normalized spacial score (nSPS) is 11.5. The highest BCUT2D eigenvalue weighted by Gasteiger charge is 1.87. The minimum Gasteiger partial charge on any atom is -0.375 e. The zero-order valence-electron chi connectivity index (χ0n) is 9.58. The van der Waals surface area contributed by atoms with Crippen LogP contribution in [0.4, 0.5) is 0 Å². The van der Waals surface area contributed by atoms with Crippen molar-refractivity contribution in [3.05, 3.63) is 23.3 Å². The van der Waals surface area contributed by atoms with Crippen molar-refractivity contribution in [2.45, 2.75) is 33.6 Å². The lowest BCUT2D eigenvalue weighted by molar-refractivity contribution is 0.968. The molecule has 0 fully saturated rings. The van der Waals surface area contributed by atoms with Gasteiger partial charge in [-0.05, 0) is 51.9 Å². The van der Waals surface area contributed by atoms with Crippen molar-refractivity contribution < 1.29 is 0 Å². The number of hydrogen-bond donors (Lipinski definition) is 2. The molecule has 0 aromatic heterocycles. The van der Waals surface area contributed by atoms with Crippen LogP contribution in [0, 0.1) is 0 Å². The third-order valence-corrected chi connectivity index (χ3v) is 1.79. The number of hydrogen-bond acceptors (Lipinski definition) is 2. The van der Waals surface area contributed by atoms with E-state index in [0.717, 1.165) is 12.8 Å². The predicted molar refractivity (Wildman–Crippen MR) is 70.8 cm³/mol. The maximum atomic E-state index is 5.20. The fourth-order valence-electron chi connectivity index (χ4n) is 0.937. The van der Waals surface area contributed by atoms with Gasteiger partial charge in [0.1, 0.15) is 0 Å². The van der Waals surface area contributed by atoms with Gasteiger partial charge in [-0.2, -0.15) is 5.10 Å². The highest BCUT2D eigenvalue weighted by molar-refractivity contribution is 7.80. The molecule has 84 valence electrons. The Labute approximate surface area is 97.1 Å². The van der Waals surface area contributed by atoms with Crippen molar-refractivity contribution in [3.8, 4) is 0 Å². The van der Waals surface area contributed by atoms with Crippen molar-refractivity contribution in [1.29, 1.82) is 0 Å². The lowest BCUT2D eigenvalue weighted by Gasteiger charge is -1.96. The van der Waals surface area contributed by atoms with E-state index in [1.165, 1.54) is 11.1 Å². The fourth-order valence-corrected chi connectivity index (χ4v) is 0.990. The Morgan fingerprint density at radius 1 is 1.40 bits per heavy atom. The maximum Gasteiger partial charge on any atom is 0.184 e. The van der Waals surface area contributed by atoms with Crippen LogP contribution in [-0.4, -0.2) is 11.3 Å². The van der Waals surface area contributed by atoms with Crippen LogP contribution in [0.5, 0.6) is 0 Å². The first kappa shape index (κ1) is 13.8. The zero-order valence-corrected chi connectivity index (χ0v) is 10.4. The second-order valence-corrected chi connectivity index (χ2v) is 4.03. The molecular formula is C11H19N3S. The largest absolute Gasteiger partial charge is 0.375 e. The molecular weight excluding hydrogens is 206 g/mol. The van der Waals surface area contributed by atoms with Crippen molar-refractivity contribution in [2.24, 2.45) is 10.8 Å². The second kappa shape index (κ2) is 8.17. The van der Waals surface area contributed by atoms with Gasteiger partial charge in [-0.1, -0.05) is 17.2 Å². The van der Waals surface area contributed by atoms with E-state index in [1.54, 1.807) is 6.21 Å². The number of nitrogens with two attached hydrogens (primary N) is 1. The summed E-state index contributed by atoms with van der Waals surface area (Å²) in [6, 6.07) is 0. The molecule has 0 radical (unpaired) electrons. The molecule has 4 heteroatoms. The van der Waals surface area contributed by atoms with Crippen molar-refractivity contribution >= 4 is 23.5 Å². The molecule has 0 aliphatic rings. The van der Waals surface area contributed by atoms with Crippen LogP contribution in [0.15, 0.2) is 28.4 Å². The molecule has 0 aliphatic heterocycles. The summed E-state index contributed by atoms with van der Waals surface area (Å²) in [5.41, 5.74) is 10.3. The van der Waals surface area contributed by atoms with Gasteiger partial charge in [-0.3, -0.25) is 5.43 Å². The summed E-state index contributed by atoms with van der Waals surface area (Å²) in [6.07, 6.45) is 7.95. The van der Waals surface area contributed by atoms with E-state index < -0.39 is 0 Å². The van der Waals surface area contributed by atoms with E-state index in [0.29, 0.717) is 0 Å². The summed E-state index contributed by atoms with van der Waals surface area (Å²) in [5, 5.41) is 4.00. The van der Waals surface area contributed by atoms with E-state index in [1.807, 2.05) is 6.08 Å². The van der Waals surface area contributed by atoms with Crippen LogP contribution in [-0.2, 0) is 0 Å². The van der Waals surface area contributed by atoms with E-state index >= 15 is 0 Å². The second-order valence-electron chi connectivity index (χ2n) is 3.59. The average Bonchev–Trinajstić information content (AvgIpc) is 2.11. The lowest BCUT2D eigenvalue weighted by atomic mass is 10.1. The summed E-state index contributed by atoms with van der Waals surface area (Å²) in [4.78, 5) is 0. The molecule has 3 nitrogen and oxygen atoms in total. The first-order chi connectivity index (χ1) is 7.02. The van der Waals surface area contributed by atoms with Crippen LogP contribution in [0.3, 0.4) is 0 Å². The zero-order chi connectivity index (χ0) is 11.7. The molecule has 0 aromatic rings. The predicted octanol–water partition coefficient (Wildman–Crippen LogP) is 2.50. The minimum absolute atomic E-state index is 0.182. The molecule has 0 amide bonds. The quantitative estimate of drug-likeness (QED) is 0.327. The Morgan fingerprint density at radius 3 is 2.60 bits per heavy atom. The van der Waals surface area contributed by atoms with Crippen LogP contribution in [0.1, 0.15) is 33.6 Å². The molecule has 0 aromatic carbocycles. The molecule has 0 aliphatic carbocycles. The molecule has 0 heterocycles. The number of rotatable bonds is 5. The molecule has 0 saturated heterocycles. The van der Waals surface area contributed by atoms with Crippen LogP contribution in [0.2, 0.25) is 0 Å². The smallest absolute Gasteiger partial charge is 0.184 e. The van der Waals surface area contributed by atoms with Gasteiger partial charge in [0.2, 0.25) is 0 Å². The van der Waals surface area contributed by atoms with Crippen LogP contribution < -0.4 is 11.2 Å². The van der Waals surface area contributed by atoms with Crippen molar-refractivity contribution in [2.75, 3.05) is 0 Å². The maximum absolute atomic E-state index is 5.20. The van der Waals surface area contributed by atoms with Gasteiger partial charge < -0.3 is 5.73 Å². The summed E-state index contributed by atoms with van der Waals surface area (Å²) < 4.78 is 0. The average molecular weight is 225 g/mol. The number of thiocarbonyl (C=S) groups is 1. The highest BCUT2D eigenvalue weighted by atomic mass is 32.1. The monoisotopic (exact) mass is 225 g/mol. The third-order valence-electron chi connectivity index (χ3n) is 1.70. The lowest BCUT2D eigenvalue weighted by Crippen LogP contribution is -2.23. The summed E-state index contributed by atoms with van der Waals surface area (Å²) in [6.45, 7) is 6.28. The minimum atomic E-state index is 0.182. The highest BCUT2D eigenvalue weighted by Crippen LogP contribution is 2.05. The molecule has 0 rings (SSSR count). The Morgan fingerprint density at radius 2 is 2.07 bits per heavy atom. The van der Waals surface area contributed by atoms with Gasteiger partial charge in [0.05, 0.1) is 0 Å². The first-order valence-corrected chi connectivity index (χ1v) is 5.31. The van der Waals surface area contributed by atoms with Crippen LogP contribution >= 0.6 is 12.2 Å². The Hall–Kier alpha value is -1.16. The fraction of sp³-hybridized carbons (Fsp3) is 0.455. The van der Waals surface area contributed by atoms with Gasteiger partial charge in [-0.15, -0.1) is 0 Å². The molecule has 0 atom stereocenters. The summed E-state index contributed by atoms with van der Waals surface area (Å²) >= 11 is 4.60. The molecule has 15 heavy (non-hydrogen) atoms. The van der Waals surface area contributed by atoms with Gasteiger partial charge in [0.15, 0.2) is 5.11 Å².